The van der Waals surface area contributed by atoms with E-state index in [1.54, 1.807) is 0 Å². The van der Waals surface area contributed by atoms with E-state index in [9.17, 15) is 4.79 Å². The summed E-state index contributed by atoms with van der Waals surface area (Å²) < 4.78 is 2.05. The number of carbonyl (C=O) groups is 1. The van der Waals surface area contributed by atoms with E-state index in [2.05, 4.69) is 11.2 Å². The molecule has 0 atom stereocenters. The molecule has 15 heavy (non-hydrogen) atoms. The van der Waals surface area contributed by atoms with Gasteiger partial charge in [-0.15, -0.1) is 12.3 Å². The lowest BCUT2D eigenvalue weighted by Gasteiger charge is -2.07. The molecular formula is C12H14N2O. The van der Waals surface area contributed by atoms with Crippen LogP contribution < -0.4 is 5.32 Å². The zero-order valence-electron chi connectivity index (χ0n) is 8.57. The second-order valence-electron chi connectivity index (χ2n) is 3.74. The largest absolute Gasteiger partial charge is 0.350 e. The summed E-state index contributed by atoms with van der Waals surface area (Å²) >= 11 is 0. The first-order chi connectivity index (χ1) is 7.33. The van der Waals surface area contributed by atoms with Gasteiger partial charge in [0.15, 0.2) is 0 Å². The average Bonchev–Trinajstić information content (AvgIpc) is 2.96. The summed E-state index contributed by atoms with van der Waals surface area (Å²) in [5, 5.41) is 2.81. The third kappa shape index (κ3) is 2.21. The fraction of sp³-hybridized carbons (Fsp3) is 0.417. The van der Waals surface area contributed by atoms with Gasteiger partial charge < -0.3 is 9.88 Å². The SMILES string of the molecule is C#CCCNC(=O)c1cccn1C1CC1. The van der Waals surface area contributed by atoms with E-state index in [-0.39, 0.29) is 5.91 Å². The lowest BCUT2D eigenvalue weighted by Crippen LogP contribution is -2.26. The highest BCUT2D eigenvalue weighted by Crippen LogP contribution is 2.35. The molecule has 1 heterocycles. The van der Waals surface area contributed by atoms with Crippen molar-refractivity contribution in [1.29, 1.82) is 0 Å². The van der Waals surface area contributed by atoms with Crippen molar-refractivity contribution >= 4 is 5.91 Å². The Morgan fingerprint density at radius 2 is 2.47 bits per heavy atom. The molecule has 1 fully saturated rings. The molecule has 3 heteroatoms. The van der Waals surface area contributed by atoms with Gasteiger partial charge >= 0.3 is 0 Å². The minimum atomic E-state index is -0.0258. The van der Waals surface area contributed by atoms with Crippen molar-refractivity contribution in [2.24, 2.45) is 0 Å². The summed E-state index contributed by atoms with van der Waals surface area (Å²) in [7, 11) is 0. The molecule has 3 nitrogen and oxygen atoms in total. The smallest absolute Gasteiger partial charge is 0.267 e. The van der Waals surface area contributed by atoms with Crippen LogP contribution in [0, 0.1) is 12.3 Å². The molecule has 0 aromatic carbocycles. The molecule has 1 aromatic rings. The van der Waals surface area contributed by atoms with Crippen LogP contribution in [0.5, 0.6) is 0 Å². The maximum absolute atomic E-state index is 11.7. The van der Waals surface area contributed by atoms with Crippen LogP contribution in [0.2, 0.25) is 0 Å². The Labute approximate surface area is 89.5 Å². The van der Waals surface area contributed by atoms with Gasteiger partial charge in [-0.1, -0.05) is 0 Å². The maximum Gasteiger partial charge on any atom is 0.267 e. The summed E-state index contributed by atoms with van der Waals surface area (Å²) in [5.41, 5.74) is 0.745. The quantitative estimate of drug-likeness (QED) is 0.583. The molecule has 1 N–H and O–H groups in total. The molecule has 78 valence electrons. The van der Waals surface area contributed by atoms with Crippen molar-refractivity contribution < 1.29 is 4.79 Å². The van der Waals surface area contributed by atoms with Crippen molar-refractivity contribution in [3.05, 3.63) is 24.0 Å². The summed E-state index contributed by atoms with van der Waals surface area (Å²) in [5.74, 6) is 2.47. The second kappa shape index (κ2) is 4.22. The van der Waals surface area contributed by atoms with Gasteiger partial charge in [0.2, 0.25) is 0 Å². The number of amides is 1. The Morgan fingerprint density at radius 1 is 1.67 bits per heavy atom. The predicted molar refractivity (Wildman–Crippen MR) is 58.5 cm³/mol. The van der Waals surface area contributed by atoms with E-state index in [0.29, 0.717) is 19.0 Å². The van der Waals surface area contributed by atoms with Gasteiger partial charge in [0.05, 0.1) is 0 Å². The van der Waals surface area contributed by atoms with Crippen LogP contribution in [0.25, 0.3) is 0 Å². The normalized spacial score (nSPS) is 14.6. The van der Waals surface area contributed by atoms with Crippen molar-refractivity contribution in [1.82, 2.24) is 9.88 Å². The number of aromatic nitrogens is 1. The Morgan fingerprint density at radius 3 is 3.13 bits per heavy atom. The van der Waals surface area contributed by atoms with Crippen molar-refractivity contribution in [3.8, 4) is 12.3 Å². The topological polar surface area (TPSA) is 34.0 Å². The van der Waals surface area contributed by atoms with E-state index in [1.807, 2.05) is 22.9 Å². The Kier molecular flexibility index (Phi) is 2.77. The molecule has 1 aliphatic carbocycles. The van der Waals surface area contributed by atoms with Gasteiger partial charge in [0.1, 0.15) is 5.69 Å². The maximum atomic E-state index is 11.7. The van der Waals surface area contributed by atoms with Crippen LogP contribution in [0.15, 0.2) is 18.3 Å². The van der Waals surface area contributed by atoms with Gasteiger partial charge in [-0.25, -0.2) is 0 Å². The number of terminal acetylenes is 1. The zero-order chi connectivity index (χ0) is 10.7. The monoisotopic (exact) mass is 202 g/mol. The van der Waals surface area contributed by atoms with Crippen molar-refractivity contribution in [3.63, 3.8) is 0 Å². The van der Waals surface area contributed by atoms with E-state index < -0.39 is 0 Å². The summed E-state index contributed by atoms with van der Waals surface area (Å²) in [4.78, 5) is 11.7. The molecule has 1 amide bonds. The molecule has 1 saturated carbocycles. The standard InChI is InChI=1S/C12H14N2O/c1-2-3-8-13-12(15)11-5-4-9-14(11)10-6-7-10/h1,4-5,9-10H,3,6-8H2,(H,13,15). The van der Waals surface area contributed by atoms with Crippen molar-refractivity contribution in [2.45, 2.75) is 25.3 Å². The fourth-order valence-corrected chi connectivity index (χ4v) is 1.60. The molecule has 1 aliphatic rings. The van der Waals surface area contributed by atoms with Crippen LogP contribution in [-0.4, -0.2) is 17.0 Å². The van der Waals surface area contributed by atoms with Crippen LogP contribution >= 0.6 is 0 Å². The third-order valence-electron chi connectivity index (χ3n) is 2.51. The first-order valence-electron chi connectivity index (χ1n) is 5.21. The number of carbonyl (C=O) groups excluding carboxylic acids is 1. The third-order valence-corrected chi connectivity index (χ3v) is 2.51. The first-order valence-corrected chi connectivity index (χ1v) is 5.21. The molecule has 0 unspecified atom stereocenters. The molecule has 0 aliphatic heterocycles. The molecule has 0 saturated heterocycles. The molecule has 2 rings (SSSR count). The lowest BCUT2D eigenvalue weighted by molar-refractivity contribution is 0.0945. The van der Waals surface area contributed by atoms with Gasteiger partial charge in [0, 0.05) is 25.2 Å². The zero-order valence-corrected chi connectivity index (χ0v) is 8.57. The minimum Gasteiger partial charge on any atom is -0.350 e. The number of nitrogens with zero attached hydrogens (tertiary/aromatic N) is 1. The number of hydrogen-bond donors (Lipinski definition) is 1. The summed E-state index contributed by atoms with van der Waals surface area (Å²) in [6.45, 7) is 0.547. The average molecular weight is 202 g/mol. The lowest BCUT2D eigenvalue weighted by atomic mass is 10.3. The van der Waals surface area contributed by atoms with Crippen molar-refractivity contribution in [2.75, 3.05) is 6.54 Å². The van der Waals surface area contributed by atoms with E-state index in [1.165, 1.54) is 12.8 Å². The van der Waals surface area contributed by atoms with Gasteiger partial charge in [-0.3, -0.25) is 4.79 Å². The second-order valence-corrected chi connectivity index (χ2v) is 3.74. The Hall–Kier alpha value is -1.69. The first kappa shape index (κ1) is 9.85. The van der Waals surface area contributed by atoms with Gasteiger partial charge in [-0.05, 0) is 25.0 Å². The summed E-state index contributed by atoms with van der Waals surface area (Å²) in [6.07, 6.45) is 10.0. The molecule has 0 spiro atoms. The number of nitrogens with one attached hydrogen (secondary N) is 1. The number of rotatable bonds is 4. The molecule has 0 bridgehead atoms. The highest BCUT2D eigenvalue weighted by atomic mass is 16.1. The molecular weight excluding hydrogens is 188 g/mol. The Bertz CT molecular complexity index is 396. The molecule has 1 aromatic heterocycles. The van der Waals surface area contributed by atoms with E-state index in [4.69, 9.17) is 6.42 Å². The van der Waals surface area contributed by atoms with E-state index in [0.717, 1.165) is 5.69 Å². The van der Waals surface area contributed by atoms with E-state index >= 15 is 0 Å². The highest BCUT2D eigenvalue weighted by Gasteiger charge is 2.26. The minimum absolute atomic E-state index is 0.0258. The predicted octanol–water partition coefficient (Wildman–Crippen LogP) is 1.58. The summed E-state index contributed by atoms with van der Waals surface area (Å²) in [6, 6.07) is 4.30. The molecule has 0 radical (unpaired) electrons. The number of hydrogen-bond acceptors (Lipinski definition) is 1. The van der Waals surface area contributed by atoms with Gasteiger partial charge in [-0.2, -0.15) is 0 Å². The van der Waals surface area contributed by atoms with Gasteiger partial charge in [0.25, 0.3) is 5.91 Å². The van der Waals surface area contributed by atoms with Crippen LogP contribution in [0.4, 0.5) is 0 Å². The van der Waals surface area contributed by atoms with Crippen LogP contribution in [0.1, 0.15) is 35.8 Å². The Balaban J connectivity index is 1.99. The van der Waals surface area contributed by atoms with Crippen LogP contribution in [0.3, 0.4) is 0 Å². The fourth-order valence-electron chi connectivity index (χ4n) is 1.60. The highest BCUT2D eigenvalue weighted by molar-refractivity contribution is 5.92. The van der Waals surface area contributed by atoms with Crippen LogP contribution in [-0.2, 0) is 0 Å².